The number of carbonyl (C=O) groups is 1. The molecule has 1 aliphatic heterocycles. The molecule has 0 aliphatic carbocycles. The van der Waals surface area contributed by atoms with Gasteiger partial charge < -0.3 is 24.4 Å². The number of hydrogen-bond acceptors (Lipinski definition) is 5. The van der Waals surface area contributed by atoms with Crippen LogP contribution in [0.1, 0.15) is 35.4 Å². The summed E-state index contributed by atoms with van der Waals surface area (Å²) < 4.78 is 16.5. The van der Waals surface area contributed by atoms with Crippen LogP contribution in [0.15, 0.2) is 36.4 Å². The van der Waals surface area contributed by atoms with Gasteiger partial charge in [-0.25, -0.2) is 0 Å². The van der Waals surface area contributed by atoms with Gasteiger partial charge >= 0.3 is 0 Å². The molecule has 0 spiro atoms. The second-order valence-corrected chi connectivity index (χ2v) is 6.04. The average Bonchev–Trinajstić information content (AvgIpc) is 2.69. The van der Waals surface area contributed by atoms with Crippen molar-refractivity contribution in [1.82, 2.24) is 4.90 Å². The van der Waals surface area contributed by atoms with Crippen LogP contribution in [0.25, 0.3) is 0 Å². The largest absolute Gasteiger partial charge is 0.496 e. The first-order chi connectivity index (χ1) is 12.6. The standard InChI is InChI=1S/C20H24N2O4/c1-5-10-22-19(21-15-9-7-6-8-14(15)20(22)23)18-16(25-3)11-13(24-2)12-17(18)26-4/h6-9,11-12,19,21H,5,10H2,1-4H3/t19-/m1/s1. The number of carbonyl (C=O) groups excluding carboxylic acids is 1. The minimum Gasteiger partial charge on any atom is -0.496 e. The molecule has 1 amide bonds. The molecule has 138 valence electrons. The van der Waals surface area contributed by atoms with Crippen LogP contribution >= 0.6 is 0 Å². The number of benzene rings is 2. The van der Waals surface area contributed by atoms with Crippen LogP contribution in [0.5, 0.6) is 17.2 Å². The number of anilines is 1. The summed E-state index contributed by atoms with van der Waals surface area (Å²) in [7, 11) is 4.79. The second kappa shape index (κ2) is 7.56. The van der Waals surface area contributed by atoms with E-state index in [9.17, 15) is 4.79 Å². The lowest BCUT2D eigenvalue weighted by Gasteiger charge is -2.39. The third-order valence-electron chi connectivity index (χ3n) is 4.51. The molecule has 26 heavy (non-hydrogen) atoms. The lowest BCUT2D eigenvalue weighted by atomic mass is 10.0. The van der Waals surface area contributed by atoms with Gasteiger partial charge in [-0.15, -0.1) is 0 Å². The number of amides is 1. The Kier molecular flexibility index (Phi) is 5.21. The van der Waals surface area contributed by atoms with Gasteiger partial charge in [0.2, 0.25) is 0 Å². The van der Waals surface area contributed by atoms with Crippen LogP contribution in [-0.2, 0) is 0 Å². The van der Waals surface area contributed by atoms with Crippen molar-refractivity contribution in [2.24, 2.45) is 0 Å². The van der Waals surface area contributed by atoms with Gasteiger partial charge in [-0.05, 0) is 18.6 Å². The summed E-state index contributed by atoms with van der Waals surface area (Å²) >= 11 is 0. The highest BCUT2D eigenvalue weighted by molar-refractivity contribution is 6.01. The molecular formula is C20H24N2O4. The molecule has 1 N–H and O–H groups in total. The van der Waals surface area contributed by atoms with Crippen molar-refractivity contribution in [3.8, 4) is 17.2 Å². The first-order valence-electron chi connectivity index (χ1n) is 8.61. The minimum absolute atomic E-state index is 0.00822. The molecule has 0 saturated heterocycles. The van der Waals surface area contributed by atoms with Crippen LogP contribution in [0.4, 0.5) is 5.69 Å². The van der Waals surface area contributed by atoms with E-state index in [1.54, 1.807) is 33.5 Å². The van der Waals surface area contributed by atoms with E-state index < -0.39 is 6.17 Å². The van der Waals surface area contributed by atoms with Gasteiger partial charge in [0.1, 0.15) is 23.4 Å². The number of ether oxygens (including phenoxy) is 3. The van der Waals surface area contributed by atoms with Gasteiger partial charge in [0.05, 0.1) is 32.5 Å². The van der Waals surface area contributed by atoms with Crippen LogP contribution in [-0.4, -0.2) is 38.7 Å². The van der Waals surface area contributed by atoms with E-state index in [-0.39, 0.29) is 5.91 Å². The van der Waals surface area contributed by atoms with Crippen molar-refractivity contribution < 1.29 is 19.0 Å². The summed E-state index contributed by atoms with van der Waals surface area (Å²) in [6.45, 7) is 2.66. The Morgan fingerprint density at radius 2 is 1.69 bits per heavy atom. The molecule has 6 heteroatoms. The fourth-order valence-electron chi connectivity index (χ4n) is 3.29. The summed E-state index contributed by atoms with van der Waals surface area (Å²) in [6, 6.07) is 11.1. The lowest BCUT2D eigenvalue weighted by molar-refractivity contribution is 0.0679. The SMILES string of the molecule is CCCN1C(=O)c2ccccc2N[C@H]1c1c(OC)cc(OC)cc1OC. The number of rotatable bonds is 6. The Balaban J connectivity index is 2.16. The van der Waals surface area contributed by atoms with Crippen molar-refractivity contribution >= 4 is 11.6 Å². The topological polar surface area (TPSA) is 60.0 Å². The van der Waals surface area contributed by atoms with Gasteiger partial charge in [-0.3, -0.25) is 4.79 Å². The molecule has 0 bridgehead atoms. The fraction of sp³-hybridized carbons (Fsp3) is 0.350. The molecular weight excluding hydrogens is 332 g/mol. The molecule has 0 aromatic heterocycles. The highest BCUT2D eigenvalue weighted by Gasteiger charge is 2.36. The number of para-hydroxylation sites is 1. The predicted molar refractivity (Wildman–Crippen MR) is 100 cm³/mol. The van der Waals surface area contributed by atoms with Crippen LogP contribution in [0.3, 0.4) is 0 Å². The maximum absolute atomic E-state index is 13.1. The quantitative estimate of drug-likeness (QED) is 0.855. The minimum atomic E-state index is -0.395. The van der Waals surface area contributed by atoms with E-state index in [1.807, 2.05) is 36.1 Å². The van der Waals surface area contributed by atoms with E-state index >= 15 is 0 Å². The van der Waals surface area contributed by atoms with Crippen LogP contribution in [0, 0.1) is 0 Å². The molecule has 3 rings (SSSR count). The summed E-state index contributed by atoms with van der Waals surface area (Å²) in [5, 5.41) is 3.47. The summed E-state index contributed by atoms with van der Waals surface area (Å²) in [6.07, 6.45) is 0.445. The molecule has 0 saturated carbocycles. The van der Waals surface area contributed by atoms with Crippen molar-refractivity contribution in [1.29, 1.82) is 0 Å². The molecule has 2 aromatic carbocycles. The molecule has 0 fully saturated rings. The van der Waals surface area contributed by atoms with Crippen molar-refractivity contribution in [3.63, 3.8) is 0 Å². The fourth-order valence-corrected chi connectivity index (χ4v) is 3.29. The third kappa shape index (κ3) is 3.03. The molecule has 0 unspecified atom stereocenters. The average molecular weight is 356 g/mol. The molecule has 1 atom stereocenters. The predicted octanol–water partition coefficient (Wildman–Crippen LogP) is 3.69. The van der Waals surface area contributed by atoms with Gasteiger partial charge in [0, 0.05) is 24.4 Å². The first-order valence-corrected chi connectivity index (χ1v) is 8.61. The lowest BCUT2D eigenvalue weighted by Crippen LogP contribution is -2.43. The number of methoxy groups -OCH3 is 3. The number of nitrogens with one attached hydrogen (secondary N) is 1. The van der Waals surface area contributed by atoms with Gasteiger partial charge in [-0.2, -0.15) is 0 Å². The maximum Gasteiger partial charge on any atom is 0.257 e. The Bertz CT molecular complexity index is 781. The second-order valence-electron chi connectivity index (χ2n) is 6.04. The van der Waals surface area contributed by atoms with E-state index in [0.29, 0.717) is 29.4 Å². The zero-order valence-corrected chi connectivity index (χ0v) is 15.5. The van der Waals surface area contributed by atoms with Crippen molar-refractivity contribution in [2.75, 3.05) is 33.2 Å². The highest BCUT2D eigenvalue weighted by atomic mass is 16.5. The van der Waals surface area contributed by atoms with Gasteiger partial charge in [0.25, 0.3) is 5.91 Å². The molecule has 6 nitrogen and oxygen atoms in total. The van der Waals surface area contributed by atoms with Crippen LogP contribution < -0.4 is 19.5 Å². The molecule has 1 heterocycles. The van der Waals surface area contributed by atoms with Crippen LogP contribution in [0.2, 0.25) is 0 Å². The molecule has 1 aliphatic rings. The monoisotopic (exact) mass is 356 g/mol. The van der Waals surface area contributed by atoms with E-state index in [4.69, 9.17) is 14.2 Å². The van der Waals surface area contributed by atoms with E-state index in [2.05, 4.69) is 5.32 Å². The smallest absolute Gasteiger partial charge is 0.257 e. The normalized spacial score (nSPS) is 15.9. The Hall–Kier alpha value is -2.89. The highest BCUT2D eigenvalue weighted by Crippen LogP contribution is 2.43. The maximum atomic E-state index is 13.1. The zero-order chi connectivity index (χ0) is 18.7. The molecule has 0 radical (unpaired) electrons. The number of nitrogens with zero attached hydrogens (tertiary/aromatic N) is 1. The zero-order valence-electron chi connectivity index (χ0n) is 15.5. The Morgan fingerprint density at radius 3 is 2.27 bits per heavy atom. The number of fused-ring (bicyclic) bond motifs is 1. The number of hydrogen-bond donors (Lipinski definition) is 1. The van der Waals surface area contributed by atoms with Crippen molar-refractivity contribution in [3.05, 3.63) is 47.5 Å². The van der Waals surface area contributed by atoms with Gasteiger partial charge in [0.15, 0.2) is 0 Å². The Morgan fingerprint density at radius 1 is 1.04 bits per heavy atom. The molecule has 2 aromatic rings. The first kappa shape index (κ1) is 17.9. The van der Waals surface area contributed by atoms with Gasteiger partial charge in [-0.1, -0.05) is 19.1 Å². The summed E-state index contributed by atoms with van der Waals surface area (Å²) in [5.41, 5.74) is 2.24. The Labute approximate surface area is 153 Å². The third-order valence-corrected chi connectivity index (χ3v) is 4.51. The summed E-state index contributed by atoms with van der Waals surface area (Å²) in [4.78, 5) is 14.9. The van der Waals surface area contributed by atoms with E-state index in [1.165, 1.54) is 0 Å². The summed E-state index contributed by atoms with van der Waals surface area (Å²) in [5.74, 6) is 1.83. The van der Waals surface area contributed by atoms with E-state index in [0.717, 1.165) is 17.7 Å². The van der Waals surface area contributed by atoms with Crippen molar-refractivity contribution in [2.45, 2.75) is 19.5 Å².